The van der Waals surface area contributed by atoms with E-state index in [1.54, 1.807) is 0 Å². The third-order valence-electron chi connectivity index (χ3n) is 5.65. The van der Waals surface area contributed by atoms with Gasteiger partial charge in [0.25, 0.3) is 0 Å². The maximum Gasteiger partial charge on any atom is 0.161 e. The van der Waals surface area contributed by atoms with Gasteiger partial charge in [0.2, 0.25) is 0 Å². The van der Waals surface area contributed by atoms with E-state index in [0.29, 0.717) is 0 Å². The summed E-state index contributed by atoms with van der Waals surface area (Å²) in [6, 6.07) is 21.0. The third kappa shape index (κ3) is 6.70. The SMILES string of the molecule is CC.CCC=C(C)C.Cc1ccc(C(C)(C)C=Nc2c(C)ccc3c2oc2ccccc23)cc1. The number of hydrogen-bond donors (Lipinski definition) is 0. The number of benzene rings is 3. The molecule has 1 heterocycles. The second kappa shape index (κ2) is 12.4. The summed E-state index contributed by atoms with van der Waals surface area (Å²) in [7, 11) is 0. The van der Waals surface area contributed by atoms with E-state index in [0.717, 1.165) is 33.2 Å². The highest BCUT2D eigenvalue weighted by Gasteiger charge is 2.19. The number of rotatable bonds is 4. The molecule has 1 aromatic heterocycles. The number of aliphatic imine (C=N–C) groups is 1. The summed E-state index contributed by atoms with van der Waals surface area (Å²) in [6.07, 6.45) is 5.41. The van der Waals surface area contributed by atoms with Crippen LogP contribution in [0, 0.1) is 13.8 Å². The predicted molar refractivity (Wildman–Crippen MR) is 152 cm³/mol. The molecule has 0 spiro atoms. The Morgan fingerprint density at radius 3 is 2.12 bits per heavy atom. The van der Waals surface area contributed by atoms with Gasteiger partial charge in [-0.15, -0.1) is 0 Å². The first kappa shape index (κ1) is 27.1. The van der Waals surface area contributed by atoms with Gasteiger partial charge in [0.05, 0.1) is 0 Å². The molecule has 0 saturated carbocycles. The molecule has 0 aliphatic heterocycles. The molecule has 0 bridgehead atoms. The molecule has 0 unspecified atom stereocenters. The molecule has 4 aromatic rings. The lowest BCUT2D eigenvalue weighted by molar-refractivity contribution is 0.669. The van der Waals surface area contributed by atoms with Gasteiger partial charge >= 0.3 is 0 Å². The van der Waals surface area contributed by atoms with Gasteiger partial charge in [-0.3, -0.25) is 4.99 Å². The first-order valence-electron chi connectivity index (χ1n) is 12.4. The van der Waals surface area contributed by atoms with Gasteiger partial charge in [-0.2, -0.15) is 0 Å². The highest BCUT2D eigenvalue weighted by Crippen LogP contribution is 2.37. The molecule has 34 heavy (non-hydrogen) atoms. The molecule has 0 aliphatic carbocycles. The number of allylic oxidation sites excluding steroid dienone is 2. The van der Waals surface area contributed by atoms with E-state index < -0.39 is 0 Å². The molecular weight excluding hydrogens is 414 g/mol. The second-order valence-corrected chi connectivity index (χ2v) is 9.24. The van der Waals surface area contributed by atoms with Crippen LogP contribution in [0.5, 0.6) is 0 Å². The lowest BCUT2D eigenvalue weighted by Crippen LogP contribution is -2.18. The Kier molecular flexibility index (Phi) is 9.86. The Bertz CT molecular complexity index is 1250. The van der Waals surface area contributed by atoms with Crippen LogP contribution in [-0.4, -0.2) is 6.21 Å². The van der Waals surface area contributed by atoms with Crippen molar-refractivity contribution in [2.75, 3.05) is 0 Å². The lowest BCUT2D eigenvalue weighted by atomic mass is 9.85. The first-order chi connectivity index (χ1) is 16.2. The Morgan fingerprint density at radius 2 is 1.53 bits per heavy atom. The van der Waals surface area contributed by atoms with Gasteiger partial charge in [0.1, 0.15) is 11.3 Å². The number of hydrogen-bond acceptors (Lipinski definition) is 2. The molecule has 0 radical (unpaired) electrons. The Morgan fingerprint density at radius 1 is 0.882 bits per heavy atom. The molecule has 0 fully saturated rings. The van der Waals surface area contributed by atoms with Crippen molar-refractivity contribution in [3.63, 3.8) is 0 Å². The van der Waals surface area contributed by atoms with Crippen LogP contribution in [0.3, 0.4) is 0 Å². The van der Waals surface area contributed by atoms with Gasteiger partial charge in [0, 0.05) is 22.4 Å². The van der Waals surface area contributed by atoms with Crippen molar-refractivity contribution < 1.29 is 4.42 Å². The molecule has 180 valence electrons. The van der Waals surface area contributed by atoms with Crippen molar-refractivity contribution in [3.05, 3.63) is 89.0 Å². The van der Waals surface area contributed by atoms with E-state index in [4.69, 9.17) is 9.41 Å². The van der Waals surface area contributed by atoms with Crippen LogP contribution in [0.1, 0.15) is 71.6 Å². The average Bonchev–Trinajstić information content (AvgIpc) is 3.19. The molecule has 4 rings (SSSR count). The topological polar surface area (TPSA) is 25.5 Å². The molecule has 0 aliphatic rings. The number of furan rings is 1. The van der Waals surface area contributed by atoms with Crippen LogP contribution in [0.25, 0.3) is 21.9 Å². The summed E-state index contributed by atoms with van der Waals surface area (Å²) >= 11 is 0. The fraction of sp³-hybridized carbons (Fsp3) is 0.344. The zero-order chi connectivity index (χ0) is 25.3. The van der Waals surface area contributed by atoms with Gasteiger partial charge in [-0.1, -0.05) is 106 Å². The van der Waals surface area contributed by atoms with Crippen LogP contribution in [0.15, 0.2) is 81.7 Å². The van der Waals surface area contributed by atoms with Crippen LogP contribution in [-0.2, 0) is 5.41 Å². The van der Waals surface area contributed by atoms with Crippen LogP contribution >= 0.6 is 0 Å². The summed E-state index contributed by atoms with van der Waals surface area (Å²) in [5.41, 5.74) is 7.58. The molecule has 3 aromatic carbocycles. The molecule has 0 amide bonds. The summed E-state index contributed by atoms with van der Waals surface area (Å²) in [5, 5.41) is 2.25. The minimum Gasteiger partial charge on any atom is -0.454 e. The molecular formula is C32H41NO. The van der Waals surface area contributed by atoms with E-state index in [9.17, 15) is 0 Å². The molecule has 2 nitrogen and oxygen atoms in total. The second-order valence-electron chi connectivity index (χ2n) is 9.24. The average molecular weight is 456 g/mol. The first-order valence-corrected chi connectivity index (χ1v) is 12.4. The van der Waals surface area contributed by atoms with E-state index >= 15 is 0 Å². The Labute approximate surface area is 206 Å². The highest BCUT2D eigenvalue weighted by molar-refractivity contribution is 6.09. The van der Waals surface area contributed by atoms with E-state index in [1.165, 1.54) is 23.1 Å². The Hall–Kier alpha value is -3.13. The molecule has 0 N–H and O–H groups in total. The third-order valence-corrected chi connectivity index (χ3v) is 5.65. The van der Waals surface area contributed by atoms with Gasteiger partial charge in [-0.05, 0) is 51.3 Å². The quantitative estimate of drug-likeness (QED) is 0.222. The lowest BCUT2D eigenvalue weighted by Gasteiger charge is -2.20. The van der Waals surface area contributed by atoms with Crippen molar-refractivity contribution in [2.45, 2.75) is 74.1 Å². The summed E-state index contributed by atoms with van der Waals surface area (Å²) in [4.78, 5) is 4.88. The van der Waals surface area contributed by atoms with Crippen LogP contribution in [0.2, 0.25) is 0 Å². The maximum absolute atomic E-state index is 6.14. The standard InChI is InChI=1S/C24H23NO.C6H12.C2H6/c1-16-9-12-18(13-10-16)24(3,4)15-25-22-17(2)11-14-20-19-7-5-6-8-21(19)26-23(20)22;1-4-5-6(2)3;1-2/h5-15H,1-4H3;5H,4H2,1-3H3;1-2H3. The zero-order valence-corrected chi connectivity index (χ0v) is 22.5. The van der Waals surface area contributed by atoms with Crippen molar-refractivity contribution >= 4 is 33.8 Å². The highest BCUT2D eigenvalue weighted by atomic mass is 16.3. The van der Waals surface area contributed by atoms with Gasteiger partial charge in [-0.25, -0.2) is 0 Å². The van der Waals surface area contributed by atoms with Gasteiger partial charge < -0.3 is 4.42 Å². The van der Waals surface area contributed by atoms with E-state index in [2.05, 4.69) is 97.0 Å². The molecule has 2 heteroatoms. The van der Waals surface area contributed by atoms with Crippen molar-refractivity contribution in [3.8, 4) is 0 Å². The van der Waals surface area contributed by atoms with Crippen molar-refractivity contribution in [1.29, 1.82) is 0 Å². The zero-order valence-electron chi connectivity index (χ0n) is 22.5. The van der Waals surface area contributed by atoms with Crippen molar-refractivity contribution in [2.24, 2.45) is 4.99 Å². The summed E-state index contributed by atoms with van der Waals surface area (Å²) in [6.45, 7) is 18.9. The maximum atomic E-state index is 6.14. The number of aryl methyl sites for hydroxylation is 2. The smallest absolute Gasteiger partial charge is 0.161 e. The monoisotopic (exact) mass is 455 g/mol. The van der Waals surface area contributed by atoms with E-state index in [1.807, 2.05) is 38.3 Å². The van der Waals surface area contributed by atoms with Crippen LogP contribution < -0.4 is 0 Å². The fourth-order valence-electron chi connectivity index (χ4n) is 3.73. The van der Waals surface area contributed by atoms with Gasteiger partial charge in [0.15, 0.2) is 5.58 Å². The fourth-order valence-corrected chi connectivity index (χ4v) is 3.73. The predicted octanol–water partition coefficient (Wildman–Crippen LogP) is 10.3. The van der Waals surface area contributed by atoms with Crippen molar-refractivity contribution in [1.82, 2.24) is 0 Å². The number of para-hydroxylation sites is 1. The Balaban J connectivity index is 0.000000447. The van der Waals surface area contributed by atoms with E-state index in [-0.39, 0.29) is 5.41 Å². The molecule has 0 atom stereocenters. The number of nitrogens with zero attached hydrogens (tertiary/aromatic N) is 1. The minimum absolute atomic E-state index is 0.158. The van der Waals surface area contributed by atoms with Crippen LogP contribution in [0.4, 0.5) is 5.69 Å². The molecule has 0 saturated heterocycles. The number of fused-ring (bicyclic) bond motifs is 3. The summed E-state index contributed by atoms with van der Waals surface area (Å²) in [5.74, 6) is 0. The normalized spacial score (nSPS) is 11.1. The minimum atomic E-state index is -0.158. The largest absolute Gasteiger partial charge is 0.454 e. The summed E-state index contributed by atoms with van der Waals surface area (Å²) < 4.78 is 6.14.